The van der Waals surface area contributed by atoms with E-state index in [1.807, 2.05) is 24.3 Å². The van der Waals surface area contributed by atoms with E-state index >= 15 is 0 Å². The molecule has 2 atom stereocenters. The summed E-state index contributed by atoms with van der Waals surface area (Å²) >= 11 is 9.32. The lowest BCUT2D eigenvalue weighted by atomic mass is 9.83. The highest BCUT2D eigenvalue weighted by molar-refractivity contribution is 9.10. The van der Waals surface area contributed by atoms with Crippen LogP contribution in [0.1, 0.15) is 34.8 Å². The van der Waals surface area contributed by atoms with Gasteiger partial charge in [0.2, 0.25) is 6.41 Å². The Bertz CT molecular complexity index is 730. The van der Waals surface area contributed by atoms with Crippen molar-refractivity contribution in [3.63, 3.8) is 0 Å². The molecule has 5 heteroatoms. The molecule has 0 radical (unpaired) electrons. The Hall–Kier alpha value is -1.65. The summed E-state index contributed by atoms with van der Waals surface area (Å²) in [6.07, 6.45) is 2.21. The number of halogens is 2. The molecule has 0 N–H and O–H groups in total. The Morgan fingerprint density at radius 1 is 1.12 bits per heavy atom. The van der Waals surface area contributed by atoms with Crippen LogP contribution in [0.4, 0.5) is 0 Å². The molecule has 2 unspecified atom stereocenters. The summed E-state index contributed by atoms with van der Waals surface area (Å²) < 4.78 is 0.994. The molecule has 24 heavy (non-hydrogen) atoms. The molecule has 1 fully saturated rings. The number of ketones is 1. The van der Waals surface area contributed by atoms with E-state index in [9.17, 15) is 9.59 Å². The van der Waals surface area contributed by atoms with Crippen molar-refractivity contribution in [2.75, 3.05) is 6.54 Å². The Morgan fingerprint density at radius 2 is 1.79 bits per heavy atom. The summed E-state index contributed by atoms with van der Waals surface area (Å²) in [5.74, 6) is 0.0374. The summed E-state index contributed by atoms with van der Waals surface area (Å²) in [6.45, 7) is 0.591. The van der Waals surface area contributed by atoms with Crippen LogP contribution in [0.25, 0.3) is 0 Å². The van der Waals surface area contributed by atoms with E-state index in [4.69, 9.17) is 11.6 Å². The molecular weight excluding hydrogens is 390 g/mol. The second kappa shape index (κ2) is 7.49. The maximum Gasteiger partial charge on any atom is 0.210 e. The van der Waals surface area contributed by atoms with E-state index in [2.05, 4.69) is 15.9 Å². The monoisotopic (exact) mass is 405 g/mol. The molecule has 1 aliphatic rings. The Labute approximate surface area is 154 Å². The minimum absolute atomic E-state index is 0.0643. The molecule has 0 saturated carbocycles. The third-order valence-corrected chi connectivity index (χ3v) is 5.31. The zero-order valence-corrected chi connectivity index (χ0v) is 15.3. The fraction of sp³-hybridized carbons (Fsp3) is 0.263. The van der Waals surface area contributed by atoms with E-state index in [1.165, 1.54) is 0 Å². The van der Waals surface area contributed by atoms with Gasteiger partial charge in [-0.15, -0.1) is 0 Å². The zero-order valence-electron chi connectivity index (χ0n) is 13.0. The molecule has 0 bridgehead atoms. The van der Waals surface area contributed by atoms with Crippen LogP contribution < -0.4 is 0 Å². The minimum Gasteiger partial charge on any atom is -0.338 e. The molecule has 1 aliphatic heterocycles. The number of carbonyl (C=O) groups excluding carboxylic acids is 2. The minimum atomic E-state index is -0.0870. The summed E-state index contributed by atoms with van der Waals surface area (Å²) in [4.78, 5) is 26.0. The predicted molar refractivity (Wildman–Crippen MR) is 98.2 cm³/mol. The van der Waals surface area contributed by atoms with Crippen LogP contribution in [0.2, 0.25) is 5.02 Å². The first-order chi connectivity index (χ1) is 11.6. The molecule has 1 heterocycles. The standard InChI is InChI=1S/C19H17BrClNO2/c20-16-5-1-13(2-6-16)18-11-15(9-10-22(18)12-23)19(24)14-3-7-17(21)8-4-14/h1-8,12,15,18H,9-11H2. The maximum atomic E-state index is 12.8. The van der Waals surface area contributed by atoms with Crippen molar-refractivity contribution in [3.05, 3.63) is 69.2 Å². The molecule has 3 rings (SSSR count). The first kappa shape index (κ1) is 17.2. The van der Waals surface area contributed by atoms with Crippen LogP contribution in [-0.4, -0.2) is 23.6 Å². The molecule has 1 saturated heterocycles. The first-order valence-corrected chi connectivity index (χ1v) is 9.02. The normalized spacial score (nSPS) is 20.7. The lowest BCUT2D eigenvalue weighted by Gasteiger charge is -2.37. The molecular formula is C19H17BrClNO2. The van der Waals surface area contributed by atoms with Gasteiger partial charge < -0.3 is 4.90 Å². The van der Waals surface area contributed by atoms with Crippen molar-refractivity contribution < 1.29 is 9.59 Å². The molecule has 2 aromatic rings. The molecule has 0 spiro atoms. The van der Waals surface area contributed by atoms with Crippen molar-refractivity contribution in [2.45, 2.75) is 18.9 Å². The largest absolute Gasteiger partial charge is 0.338 e. The summed E-state index contributed by atoms with van der Waals surface area (Å²) in [5.41, 5.74) is 1.73. The average molecular weight is 407 g/mol. The van der Waals surface area contributed by atoms with Crippen LogP contribution in [0.3, 0.4) is 0 Å². The fourth-order valence-corrected chi connectivity index (χ4v) is 3.60. The van der Waals surface area contributed by atoms with Crippen molar-refractivity contribution in [2.24, 2.45) is 5.92 Å². The summed E-state index contributed by atoms with van der Waals surface area (Å²) in [5, 5.41) is 0.620. The van der Waals surface area contributed by atoms with Gasteiger partial charge in [0.1, 0.15) is 0 Å². The molecule has 0 aromatic heterocycles. The van der Waals surface area contributed by atoms with Crippen LogP contribution in [-0.2, 0) is 4.79 Å². The topological polar surface area (TPSA) is 37.4 Å². The van der Waals surface area contributed by atoms with E-state index in [0.717, 1.165) is 16.4 Å². The van der Waals surface area contributed by atoms with E-state index in [0.29, 0.717) is 30.0 Å². The number of nitrogens with zero attached hydrogens (tertiary/aromatic N) is 1. The molecule has 1 amide bonds. The highest BCUT2D eigenvalue weighted by atomic mass is 79.9. The van der Waals surface area contributed by atoms with Crippen LogP contribution >= 0.6 is 27.5 Å². The Balaban J connectivity index is 1.81. The maximum absolute atomic E-state index is 12.8. The van der Waals surface area contributed by atoms with Crippen LogP contribution in [0.15, 0.2) is 53.0 Å². The highest BCUT2D eigenvalue weighted by Crippen LogP contribution is 2.35. The number of Topliss-reactive ketones (excluding diaryl/α,β-unsaturated/α-hetero) is 1. The van der Waals surface area contributed by atoms with Gasteiger partial charge in [-0.2, -0.15) is 0 Å². The van der Waals surface area contributed by atoms with Gasteiger partial charge in [-0.25, -0.2) is 0 Å². The number of hydrogen-bond acceptors (Lipinski definition) is 2. The van der Waals surface area contributed by atoms with Crippen molar-refractivity contribution in [3.8, 4) is 0 Å². The number of amides is 1. The van der Waals surface area contributed by atoms with Crippen LogP contribution in [0, 0.1) is 5.92 Å². The van der Waals surface area contributed by atoms with E-state index in [1.54, 1.807) is 29.2 Å². The van der Waals surface area contributed by atoms with E-state index < -0.39 is 0 Å². The van der Waals surface area contributed by atoms with Gasteiger partial charge in [-0.3, -0.25) is 9.59 Å². The van der Waals surface area contributed by atoms with Gasteiger partial charge >= 0.3 is 0 Å². The number of piperidine rings is 1. The third-order valence-electron chi connectivity index (χ3n) is 4.53. The van der Waals surface area contributed by atoms with Gasteiger partial charge in [0.15, 0.2) is 5.78 Å². The van der Waals surface area contributed by atoms with Crippen molar-refractivity contribution >= 4 is 39.7 Å². The van der Waals surface area contributed by atoms with Crippen LogP contribution in [0.5, 0.6) is 0 Å². The van der Waals surface area contributed by atoms with Gasteiger partial charge in [0.05, 0.1) is 6.04 Å². The van der Waals surface area contributed by atoms with Crippen molar-refractivity contribution in [1.82, 2.24) is 4.90 Å². The zero-order chi connectivity index (χ0) is 17.1. The third kappa shape index (κ3) is 3.70. The van der Waals surface area contributed by atoms with Crippen molar-refractivity contribution in [1.29, 1.82) is 0 Å². The molecule has 3 nitrogen and oxygen atoms in total. The number of benzene rings is 2. The van der Waals surface area contributed by atoms with E-state index in [-0.39, 0.29) is 17.7 Å². The second-order valence-electron chi connectivity index (χ2n) is 6.00. The quantitative estimate of drug-likeness (QED) is 0.535. The van der Waals surface area contributed by atoms with Gasteiger partial charge in [0, 0.05) is 27.5 Å². The average Bonchev–Trinajstić information content (AvgIpc) is 2.62. The van der Waals surface area contributed by atoms with Gasteiger partial charge in [0.25, 0.3) is 0 Å². The smallest absolute Gasteiger partial charge is 0.210 e. The molecule has 0 aliphatic carbocycles. The fourth-order valence-electron chi connectivity index (χ4n) is 3.21. The van der Waals surface area contributed by atoms with Gasteiger partial charge in [-0.05, 0) is 54.8 Å². The number of rotatable bonds is 4. The SMILES string of the molecule is O=CN1CCC(C(=O)c2ccc(Cl)cc2)CC1c1ccc(Br)cc1. The summed E-state index contributed by atoms with van der Waals surface area (Å²) in [6, 6.07) is 14.9. The Kier molecular flexibility index (Phi) is 5.36. The Morgan fingerprint density at radius 3 is 2.42 bits per heavy atom. The molecule has 2 aromatic carbocycles. The number of carbonyl (C=O) groups is 2. The molecule has 124 valence electrons. The number of hydrogen-bond donors (Lipinski definition) is 0. The number of likely N-dealkylation sites (tertiary alicyclic amines) is 1. The summed E-state index contributed by atoms with van der Waals surface area (Å²) in [7, 11) is 0. The highest BCUT2D eigenvalue weighted by Gasteiger charge is 2.32. The predicted octanol–water partition coefficient (Wildman–Crippen LogP) is 4.89. The first-order valence-electron chi connectivity index (χ1n) is 7.85. The lowest BCUT2D eigenvalue weighted by molar-refractivity contribution is -0.122. The van der Waals surface area contributed by atoms with Gasteiger partial charge in [-0.1, -0.05) is 39.7 Å². The lowest BCUT2D eigenvalue weighted by Crippen LogP contribution is -2.38. The second-order valence-corrected chi connectivity index (χ2v) is 7.36.